The van der Waals surface area contributed by atoms with Gasteiger partial charge in [-0.1, -0.05) is 18.2 Å². The molecule has 0 unspecified atom stereocenters. The summed E-state index contributed by atoms with van der Waals surface area (Å²) in [6.07, 6.45) is 6.27. The van der Waals surface area contributed by atoms with E-state index in [9.17, 15) is 9.59 Å². The second-order valence-electron chi connectivity index (χ2n) is 7.95. The normalized spacial score (nSPS) is 14.4. The lowest BCUT2D eigenvalue weighted by Gasteiger charge is -2.32. The van der Waals surface area contributed by atoms with Crippen molar-refractivity contribution in [3.8, 4) is 5.75 Å². The number of benzene rings is 1. The molecule has 1 aliphatic rings. The van der Waals surface area contributed by atoms with Crippen molar-refractivity contribution in [3.63, 3.8) is 0 Å². The van der Waals surface area contributed by atoms with Gasteiger partial charge in [-0.2, -0.15) is 0 Å². The topological polar surface area (TPSA) is 71.5 Å². The van der Waals surface area contributed by atoms with Crippen molar-refractivity contribution < 1.29 is 14.3 Å². The van der Waals surface area contributed by atoms with Crippen LogP contribution in [0.4, 0.5) is 0 Å². The first-order chi connectivity index (χ1) is 14.5. The predicted molar refractivity (Wildman–Crippen MR) is 117 cm³/mol. The summed E-state index contributed by atoms with van der Waals surface area (Å²) in [7, 11) is 0. The summed E-state index contributed by atoms with van der Waals surface area (Å²) >= 11 is 0. The quantitative estimate of drug-likeness (QED) is 0.677. The van der Waals surface area contributed by atoms with Crippen LogP contribution >= 0.6 is 0 Å². The van der Waals surface area contributed by atoms with Crippen molar-refractivity contribution in [3.05, 3.63) is 59.4 Å². The molecule has 30 heavy (non-hydrogen) atoms. The Morgan fingerprint density at radius 1 is 1.13 bits per heavy atom. The summed E-state index contributed by atoms with van der Waals surface area (Å²) in [5.74, 6) is 1.43. The third kappa shape index (κ3) is 6.05. The fourth-order valence-corrected chi connectivity index (χ4v) is 3.81. The van der Waals surface area contributed by atoms with Crippen molar-refractivity contribution >= 4 is 11.8 Å². The lowest BCUT2D eigenvalue weighted by Crippen LogP contribution is -2.41. The molecule has 1 aromatic carbocycles. The van der Waals surface area contributed by atoms with Gasteiger partial charge in [-0.3, -0.25) is 14.6 Å². The Hall–Kier alpha value is -2.89. The Balaban J connectivity index is 1.32. The van der Waals surface area contributed by atoms with E-state index in [2.05, 4.69) is 10.3 Å². The molecule has 1 aromatic heterocycles. The summed E-state index contributed by atoms with van der Waals surface area (Å²) in [5, 5.41) is 2.98. The molecule has 0 spiro atoms. The maximum Gasteiger partial charge on any atom is 0.252 e. The van der Waals surface area contributed by atoms with E-state index in [4.69, 9.17) is 4.74 Å². The molecule has 0 bridgehead atoms. The number of aryl methyl sites for hydroxylation is 2. The van der Waals surface area contributed by atoms with E-state index >= 15 is 0 Å². The van der Waals surface area contributed by atoms with Gasteiger partial charge in [0.05, 0.1) is 12.2 Å². The first-order valence-corrected chi connectivity index (χ1v) is 10.7. The summed E-state index contributed by atoms with van der Waals surface area (Å²) < 4.78 is 5.90. The number of para-hydroxylation sites is 1. The van der Waals surface area contributed by atoms with Gasteiger partial charge in [-0.15, -0.1) is 0 Å². The van der Waals surface area contributed by atoms with E-state index in [1.807, 2.05) is 36.9 Å². The number of hydrogen-bond acceptors (Lipinski definition) is 4. The van der Waals surface area contributed by atoms with E-state index in [1.165, 1.54) is 0 Å². The van der Waals surface area contributed by atoms with E-state index in [0.717, 1.165) is 42.8 Å². The molecule has 6 heteroatoms. The van der Waals surface area contributed by atoms with Crippen LogP contribution in [0.1, 0.15) is 47.2 Å². The van der Waals surface area contributed by atoms with Crippen LogP contribution in [0, 0.1) is 19.8 Å². The number of rotatable bonds is 8. The largest absolute Gasteiger partial charge is 0.493 e. The highest BCUT2D eigenvalue weighted by Crippen LogP contribution is 2.23. The second-order valence-corrected chi connectivity index (χ2v) is 7.95. The molecule has 6 nitrogen and oxygen atoms in total. The van der Waals surface area contributed by atoms with E-state index in [-0.39, 0.29) is 11.8 Å². The van der Waals surface area contributed by atoms with Gasteiger partial charge in [0.1, 0.15) is 5.75 Å². The highest BCUT2D eigenvalue weighted by molar-refractivity contribution is 5.93. The smallest absolute Gasteiger partial charge is 0.252 e. The first-order valence-electron chi connectivity index (χ1n) is 10.7. The summed E-state index contributed by atoms with van der Waals surface area (Å²) in [6, 6.07) is 9.61. The fourth-order valence-electron chi connectivity index (χ4n) is 3.81. The Morgan fingerprint density at radius 2 is 1.87 bits per heavy atom. The van der Waals surface area contributed by atoms with Crippen LogP contribution in [-0.4, -0.2) is 47.9 Å². The van der Waals surface area contributed by atoms with Gasteiger partial charge in [0.2, 0.25) is 5.91 Å². The summed E-state index contributed by atoms with van der Waals surface area (Å²) in [6.45, 7) is 6.77. The van der Waals surface area contributed by atoms with Crippen molar-refractivity contribution in [2.45, 2.75) is 39.5 Å². The summed E-state index contributed by atoms with van der Waals surface area (Å²) in [5.41, 5.74) is 2.83. The molecular weight excluding hydrogens is 378 g/mol. The minimum absolute atomic E-state index is 0.0921. The van der Waals surface area contributed by atoms with Gasteiger partial charge in [0, 0.05) is 38.4 Å². The van der Waals surface area contributed by atoms with E-state index in [0.29, 0.717) is 37.5 Å². The van der Waals surface area contributed by atoms with Crippen LogP contribution in [0.2, 0.25) is 0 Å². The van der Waals surface area contributed by atoms with E-state index < -0.39 is 0 Å². The zero-order valence-corrected chi connectivity index (χ0v) is 17.9. The predicted octanol–water partition coefficient (Wildman–Crippen LogP) is 3.53. The minimum Gasteiger partial charge on any atom is -0.493 e. The van der Waals surface area contributed by atoms with Crippen LogP contribution in [0.5, 0.6) is 5.75 Å². The molecule has 160 valence electrons. The zero-order valence-electron chi connectivity index (χ0n) is 17.9. The van der Waals surface area contributed by atoms with Gasteiger partial charge in [-0.25, -0.2) is 0 Å². The standard InChI is InChI=1S/C24H31N3O3/c1-18-6-3-7-19(2)23(18)30-15-5-9-22(28)27-13-10-20(11-14-27)16-26-24(29)21-8-4-12-25-17-21/h3-4,6-8,12,17,20H,5,9-11,13-16H2,1-2H3,(H,26,29). The lowest BCUT2D eigenvalue weighted by molar-refractivity contribution is -0.132. The molecule has 2 amide bonds. The van der Waals surface area contributed by atoms with Crippen molar-refractivity contribution in [1.82, 2.24) is 15.2 Å². The average Bonchev–Trinajstić information content (AvgIpc) is 2.77. The molecule has 1 fully saturated rings. The Morgan fingerprint density at radius 3 is 2.53 bits per heavy atom. The number of piperidine rings is 1. The molecule has 1 N–H and O–H groups in total. The number of amides is 2. The minimum atomic E-state index is -0.0921. The molecule has 0 radical (unpaired) electrons. The SMILES string of the molecule is Cc1cccc(C)c1OCCCC(=O)N1CCC(CNC(=O)c2cccnc2)CC1. The Kier molecular flexibility index (Phi) is 7.82. The number of carbonyl (C=O) groups is 2. The highest BCUT2D eigenvalue weighted by atomic mass is 16.5. The van der Waals surface area contributed by atoms with Gasteiger partial charge < -0.3 is 15.0 Å². The number of pyridine rings is 1. The fraction of sp³-hybridized carbons (Fsp3) is 0.458. The number of nitrogens with zero attached hydrogens (tertiary/aromatic N) is 2. The molecule has 3 rings (SSSR count). The second kappa shape index (κ2) is 10.8. The molecule has 2 heterocycles. The van der Waals surface area contributed by atoms with Gasteiger partial charge in [0.25, 0.3) is 5.91 Å². The molecular formula is C24H31N3O3. The van der Waals surface area contributed by atoms with Crippen LogP contribution in [0.25, 0.3) is 0 Å². The van der Waals surface area contributed by atoms with Gasteiger partial charge in [0.15, 0.2) is 0 Å². The molecule has 0 aliphatic carbocycles. The van der Waals surface area contributed by atoms with Gasteiger partial charge >= 0.3 is 0 Å². The van der Waals surface area contributed by atoms with Crippen LogP contribution in [0.3, 0.4) is 0 Å². The summed E-state index contributed by atoms with van der Waals surface area (Å²) in [4.78, 5) is 30.5. The van der Waals surface area contributed by atoms with E-state index in [1.54, 1.807) is 24.5 Å². The van der Waals surface area contributed by atoms with Crippen molar-refractivity contribution in [2.75, 3.05) is 26.2 Å². The molecule has 0 atom stereocenters. The van der Waals surface area contributed by atoms with Crippen molar-refractivity contribution in [2.24, 2.45) is 5.92 Å². The van der Waals surface area contributed by atoms with Crippen molar-refractivity contribution in [1.29, 1.82) is 0 Å². The van der Waals surface area contributed by atoms with Gasteiger partial charge in [-0.05, 0) is 62.3 Å². The number of aromatic nitrogens is 1. The zero-order chi connectivity index (χ0) is 21.3. The monoisotopic (exact) mass is 409 g/mol. The average molecular weight is 410 g/mol. The number of ether oxygens (including phenoxy) is 1. The third-order valence-electron chi connectivity index (χ3n) is 5.63. The number of hydrogen-bond donors (Lipinski definition) is 1. The molecule has 0 saturated carbocycles. The lowest BCUT2D eigenvalue weighted by atomic mass is 9.96. The number of nitrogens with one attached hydrogen (secondary N) is 1. The van der Waals surface area contributed by atoms with Crippen LogP contribution < -0.4 is 10.1 Å². The molecule has 2 aromatic rings. The Labute approximate surface area is 178 Å². The molecule has 1 saturated heterocycles. The molecule has 1 aliphatic heterocycles. The van der Waals surface area contributed by atoms with Crippen LogP contribution in [0.15, 0.2) is 42.7 Å². The highest BCUT2D eigenvalue weighted by Gasteiger charge is 2.23. The maximum absolute atomic E-state index is 12.5. The Bertz CT molecular complexity index is 826. The number of likely N-dealkylation sites (tertiary alicyclic amines) is 1. The third-order valence-corrected chi connectivity index (χ3v) is 5.63. The number of carbonyl (C=O) groups excluding carboxylic acids is 2. The maximum atomic E-state index is 12.5. The van der Waals surface area contributed by atoms with Crippen LogP contribution in [-0.2, 0) is 4.79 Å². The first kappa shape index (κ1) is 21.8.